The van der Waals surface area contributed by atoms with Crippen LogP contribution >= 0.6 is 24.8 Å². The van der Waals surface area contributed by atoms with Gasteiger partial charge in [-0.1, -0.05) is 32.4 Å². The molecule has 1 saturated carbocycles. The maximum Gasteiger partial charge on any atom is 0.230 e. The summed E-state index contributed by atoms with van der Waals surface area (Å²) in [5, 5.41) is 3.10. The fraction of sp³-hybridized carbons (Fsp3) is 0.600. The van der Waals surface area contributed by atoms with E-state index >= 15 is 0 Å². The first-order valence-corrected chi connectivity index (χ1v) is 9.86. The minimum atomic E-state index is 0. The number of amides is 1. The van der Waals surface area contributed by atoms with Crippen LogP contribution in [0.15, 0.2) is 24.3 Å². The summed E-state index contributed by atoms with van der Waals surface area (Å²) in [5.74, 6) is 1.03. The third-order valence-corrected chi connectivity index (χ3v) is 5.72. The average Bonchev–Trinajstić information content (AvgIpc) is 3.27. The van der Waals surface area contributed by atoms with Gasteiger partial charge in [0.15, 0.2) is 0 Å². The smallest absolute Gasteiger partial charge is 0.230 e. The van der Waals surface area contributed by atoms with Crippen LogP contribution in [0.2, 0.25) is 0 Å². The highest BCUT2D eigenvalue weighted by Crippen LogP contribution is 2.32. The van der Waals surface area contributed by atoms with Gasteiger partial charge in [-0.2, -0.15) is 0 Å². The Labute approximate surface area is 180 Å². The second-order valence-electron chi connectivity index (χ2n) is 7.13. The molecule has 28 heavy (non-hydrogen) atoms. The van der Waals surface area contributed by atoms with Crippen molar-refractivity contribution in [1.29, 1.82) is 0 Å². The molecule has 0 radical (unpaired) electrons. The van der Waals surface area contributed by atoms with Gasteiger partial charge < -0.3 is 15.2 Å². The Morgan fingerprint density at radius 3 is 2.64 bits per heavy atom. The molecule has 1 heterocycles. The Morgan fingerprint density at radius 1 is 1.25 bits per heavy atom. The van der Waals surface area contributed by atoms with Crippen LogP contribution in [0.25, 0.3) is 11.0 Å². The minimum Gasteiger partial charge on any atom is -0.330 e. The number of halogens is 2. The maximum atomic E-state index is 12.8. The van der Waals surface area contributed by atoms with Gasteiger partial charge in [-0.05, 0) is 50.5 Å². The van der Waals surface area contributed by atoms with E-state index in [1.54, 1.807) is 0 Å². The van der Waals surface area contributed by atoms with E-state index in [0.29, 0.717) is 18.4 Å². The standard InChI is InChI=1S/C20H31N5O.2ClH/c1-3-24(4-2)12-13-25-18-11-6-5-10-17(18)22-20(25)23-19(26)16-9-7-8-15(16)14-21;;/h5-6,10-11,15-16H,3-4,7-9,12-14,21H2,1-2H3,(H,22,23,26);2*1H/t15-,16-;;/m1../s1. The number of aromatic nitrogens is 2. The predicted octanol–water partition coefficient (Wildman–Crippen LogP) is 3.54. The fourth-order valence-corrected chi connectivity index (χ4v) is 4.05. The Morgan fingerprint density at radius 2 is 1.96 bits per heavy atom. The van der Waals surface area contributed by atoms with Crippen LogP contribution in [-0.4, -0.2) is 46.5 Å². The molecule has 3 N–H and O–H groups in total. The Hall–Kier alpha value is -1.34. The highest BCUT2D eigenvalue weighted by atomic mass is 35.5. The van der Waals surface area contributed by atoms with Crippen molar-refractivity contribution in [3.8, 4) is 0 Å². The number of fused-ring (bicyclic) bond motifs is 1. The molecule has 1 fully saturated rings. The van der Waals surface area contributed by atoms with Crippen molar-refractivity contribution < 1.29 is 4.79 Å². The zero-order valence-corrected chi connectivity index (χ0v) is 18.4. The van der Waals surface area contributed by atoms with Gasteiger partial charge in [-0.3, -0.25) is 10.1 Å². The number of likely N-dealkylation sites (N-methyl/N-ethyl adjacent to an activating group) is 1. The quantitative estimate of drug-likeness (QED) is 0.672. The number of benzene rings is 1. The van der Waals surface area contributed by atoms with Gasteiger partial charge in [0.25, 0.3) is 0 Å². The number of anilines is 1. The van der Waals surface area contributed by atoms with Gasteiger partial charge >= 0.3 is 0 Å². The molecule has 158 valence electrons. The molecule has 1 aromatic heterocycles. The first kappa shape index (κ1) is 24.7. The number of imidazole rings is 1. The molecule has 6 nitrogen and oxygen atoms in total. The topological polar surface area (TPSA) is 76.2 Å². The third kappa shape index (κ3) is 5.38. The molecule has 1 aliphatic rings. The summed E-state index contributed by atoms with van der Waals surface area (Å²) in [6, 6.07) is 8.07. The SMILES string of the molecule is CCN(CC)CCn1c(NC(=O)[C@@H]2CCC[C@@H]2CN)nc2ccccc21.Cl.Cl. The average molecular weight is 430 g/mol. The zero-order chi connectivity index (χ0) is 18.5. The molecule has 0 spiro atoms. The van der Waals surface area contributed by atoms with Crippen molar-refractivity contribution in [2.24, 2.45) is 17.6 Å². The van der Waals surface area contributed by atoms with Crippen LogP contribution in [0.3, 0.4) is 0 Å². The van der Waals surface area contributed by atoms with Gasteiger partial charge in [0.1, 0.15) is 0 Å². The number of para-hydroxylation sites is 2. The van der Waals surface area contributed by atoms with Gasteiger partial charge in [0.05, 0.1) is 11.0 Å². The lowest BCUT2D eigenvalue weighted by Gasteiger charge is -2.20. The van der Waals surface area contributed by atoms with E-state index in [1.807, 2.05) is 18.2 Å². The molecule has 2 atom stereocenters. The number of nitrogens with zero attached hydrogens (tertiary/aromatic N) is 3. The molecule has 8 heteroatoms. The van der Waals surface area contributed by atoms with E-state index in [4.69, 9.17) is 5.73 Å². The number of nitrogens with two attached hydrogens (primary N) is 1. The first-order valence-electron chi connectivity index (χ1n) is 9.86. The summed E-state index contributed by atoms with van der Waals surface area (Å²) < 4.78 is 2.14. The molecule has 0 bridgehead atoms. The van der Waals surface area contributed by atoms with Crippen molar-refractivity contribution in [2.75, 3.05) is 31.5 Å². The van der Waals surface area contributed by atoms with Crippen molar-refractivity contribution in [2.45, 2.75) is 39.7 Å². The number of hydrogen-bond acceptors (Lipinski definition) is 4. The summed E-state index contributed by atoms with van der Waals surface area (Å²) in [6.07, 6.45) is 3.05. The van der Waals surface area contributed by atoms with Crippen LogP contribution in [0.5, 0.6) is 0 Å². The van der Waals surface area contributed by atoms with Crippen LogP contribution in [0, 0.1) is 11.8 Å². The van der Waals surface area contributed by atoms with Crippen LogP contribution in [0.1, 0.15) is 33.1 Å². The van der Waals surface area contributed by atoms with Gasteiger partial charge in [0, 0.05) is 19.0 Å². The van der Waals surface area contributed by atoms with E-state index in [2.05, 4.69) is 39.7 Å². The van der Waals surface area contributed by atoms with E-state index in [0.717, 1.165) is 56.5 Å². The number of hydrogen-bond donors (Lipinski definition) is 2. The molecule has 0 unspecified atom stereocenters. The van der Waals surface area contributed by atoms with Crippen molar-refractivity contribution in [3.63, 3.8) is 0 Å². The fourth-order valence-electron chi connectivity index (χ4n) is 4.05. The molecular formula is C20H33Cl2N5O. The lowest BCUT2D eigenvalue weighted by Crippen LogP contribution is -2.31. The van der Waals surface area contributed by atoms with E-state index in [-0.39, 0.29) is 36.6 Å². The molecule has 1 aliphatic carbocycles. The van der Waals surface area contributed by atoms with Gasteiger partial charge in [0.2, 0.25) is 11.9 Å². The monoisotopic (exact) mass is 429 g/mol. The van der Waals surface area contributed by atoms with Crippen molar-refractivity contribution in [1.82, 2.24) is 14.5 Å². The van der Waals surface area contributed by atoms with Crippen LogP contribution in [0.4, 0.5) is 5.95 Å². The highest BCUT2D eigenvalue weighted by Gasteiger charge is 2.32. The highest BCUT2D eigenvalue weighted by molar-refractivity contribution is 5.93. The summed E-state index contributed by atoms with van der Waals surface area (Å²) in [7, 11) is 0. The normalized spacial score (nSPS) is 18.7. The van der Waals surface area contributed by atoms with E-state index < -0.39 is 0 Å². The predicted molar refractivity (Wildman–Crippen MR) is 121 cm³/mol. The Bertz CT molecular complexity index is 747. The first-order chi connectivity index (χ1) is 12.7. The Balaban J connectivity index is 0.00000196. The summed E-state index contributed by atoms with van der Waals surface area (Å²) in [5.41, 5.74) is 7.84. The molecule has 0 saturated heterocycles. The molecule has 0 aliphatic heterocycles. The summed E-state index contributed by atoms with van der Waals surface area (Å²) in [4.78, 5) is 19.9. The van der Waals surface area contributed by atoms with Crippen LogP contribution in [-0.2, 0) is 11.3 Å². The van der Waals surface area contributed by atoms with Gasteiger partial charge in [-0.15, -0.1) is 24.8 Å². The lowest BCUT2D eigenvalue weighted by molar-refractivity contribution is -0.120. The van der Waals surface area contributed by atoms with Crippen LogP contribution < -0.4 is 11.1 Å². The zero-order valence-electron chi connectivity index (χ0n) is 16.8. The minimum absolute atomic E-state index is 0. The molecular weight excluding hydrogens is 397 g/mol. The largest absolute Gasteiger partial charge is 0.330 e. The Kier molecular flexibility index (Phi) is 10.2. The molecule has 1 amide bonds. The summed E-state index contributed by atoms with van der Waals surface area (Å²) in [6.45, 7) is 8.71. The third-order valence-electron chi connectivity index (χ3n) is 5.72. The number of carbonyl (C=O) groups is 1. The van der Waals surface area contributed by atoms with Crippen molar-refractivity contribution in [3.05, 3.63) is 24.3 Å². The number of nitrogens with one attached hydrogen (secondary N) is 1. The molecule has 2 aromatic rings. The maximum absolute atomic E-state index is 12.8. The number of rotatable bonds is 8. The second kappa shape index (κ2) is 11.6. The molecule has 1 aromatic carbocycles. The van der Waals surface area contributed by atoms with Gasteiger partial charge in [-0.25, -0.2) is 4.98 Å². The second-order valence-corrected chi connectivity index (χ2v) is 7.13. The summed E-state index contributed by atoms with van der Waals surface area (Å²) >= 11 is 0. The van der Waals surface area contributed by atoms with E-state index in [1.165, 1.54) is 0 Å². The molecule has 3 rings (SSSR count). The lowest BCUT2D eigenvalue weighted by atomic mass is 9.95. The van der Waals surface area contributed by atoms with E-state index in [9.17, 15) is 4.79 Å². The van der Waals surface area contributed by atoms with Crippen molar-refractivity contribution >= 4 is 47.7 Å². The number of carbonyl (C=O) groups excluding carboxylic acids is 1.